The topological polar surface area (TPSA) is 46.2 Å². The van der Waals surface area contributed by atoms with Gasteiger partial charge in [-0.3, -0.25) is 0 Å². The smallest absolute Gasteiger partial charge is 0.125 e. The molecule has 1 aromatic carbocycles. The normalized spacial score (nSPS) is 16.9. The average molecular weight is 1040 g/mol. The van der Waals surface area contributed by atoms with E-state index in [-0.39, 0.29) is 18.3 Å². The summed E-state index contributed by atoms with van der Waals surface area (Å²) in [5, 5.41) is 0. The summed E-state index contributed by atoms with van der Waals surface area (Å²) in [5.74, 6) is 1.95. The third kappa shape index (κ3) is 40.8. The molecule has 1 aliphatic carbocycles. The molecule has 2 rings (SSSR count). The van der Waals surface area contributed by atoms with Crippen molar-refractivity contribution in [1.29, 1.82) is 0 Å². The second kappa shape index (κ2) is 53.7. The Bertz CT molecular complexity index is 1220. The summed E-state index contributed by atoms with van der Waals surface area (Å²) in [6, 6.07) is 5.99. The molecular weight excluding hydrogens is 909 g/mol. The Labute approximate surface area is 463 Å². The first kappa shape index (κ1) is 68.8. The fraction of sp³-hybridized carbons (Fsp3) is 0.899. The second-order valence-electron chi connectivity index (χ2n) is 23.7. The van der Waals surface area contributed by atoms with Crippen LogP contribution in [0.4, 0.5) is 0 Å². The predicted octanol–water partition coefficient (Wildman–Crippen LogP) is 22.6. The van der Waals surface area contributed by atoms with E-state index in [2.05, 4.69) is 27.7 Å². The van der Waals surface area contributed by atoms with Gasteiger partial charge in [0, 0.05) is 25.9 Å². The van der Waals surface area contributed by atoms with Gasteiger partial charge in [-0.2, -0.15) is 0 Å². The minimum Gasteiger partial charge on any atom is -0.496 e. The van der Waals surface area contributed by atoms with Gasteiger partial charge in [0.05, 0.1) is 25.9 Å². The van der Waals surface area contributed by atoms with Gasteiger partial charge in [-0.25, -0.2) is 0 Å². The molecular formula is C69H129O5. The van der Waals surface area contributed by atoms with Crippen molar-refractivity contribution in [3.05, 3.63) is 30.7 Å². The molecule has 0 spiro atoms. The van der Waals surface area contributed by atoms with Gasteiger partial charge >= 0.3 is 0 Å². The summed E-state index contributed by atoms with van der Waals surface area (Å²) >= 11 is 0. The average Bonchev–Trinajstić information content (AvgIpc) is 3.41. The molecule has 1 saturated carbocycles. The molecule has 1 radical (unpaired) electrons. The lowest BCUT2D eigenvalue weighted by Gasteiger charge is -2.41. The Morgan fingerprint density at radius 1 is 0.365 bits per heavy atom. The Balaban J connectivity index is 1.84. The highest BCUT2D eigenvalue weighted by Gasteiger charge is 2.40. The van der Waals surface area contributed by atoms with Gasteiger partial charge in [-0.05, 0) is 56.6 Å². The molecule has 0 heterocycles. The van der Waals surface area contributed by atoms with Crippen LogP contribution in [0.25, 0.3) is 0 Å². The molecule has 0 N–H and O–H groups in total. The summed E-state index contributed by atoms with van der Waals surface area (Å²) in [6.45, 7) is 14.1. The number of hydrogen-bond donors (Lipinski definition) is 0. The van der Waals surface area contributed by atoms with Gasteiger partial charge < -0.3 is 23.7 Å². The largest absolute Gasteiger partial charge is 0.496 e. The van der Waals surface area contributed by atoms with Crippen LogP contribution in [0.15, 0.2) is 18.2 Å². The van der Waals surface area contributed by atoms with E-state index in [9.17, 15) is 0 Å². The summed E-state index contributed by atoms with van der Waals surface area (Å²) in [5.41, 5.74) is 0.881. The van der Waals surface area contributed by atoms with Crippen molar-refractivity contribution in [2.45, 2.75) is 360 Å². The zero-order valence-electron chi connectivity index (χ0n) is 50.5. The molecule has 1 fully saturated rings. The zero-order chi connectivity index (χ0) is 52.9. The maximum atomic E-state index is 6.93. The van der Waals surface area contributed by atoms with Crippen LogP contribution in [0.1, 0.15) is 347 Å². The highest BCUT2D eigenvalue weighted by Crippen LogP contribution is 2.34. The van der Waals surface area contributed by atoms with Crippen LogP contribution >= 0.6 is 0 Å². The van der Waals surface area contributed by atoms with Crippen molar-refractivity contribution in [2.24, 2.45) is 5.92 Å². The van der Waals surface area contributed by atoms with Crippen molar-refractivity contribution >= 4 is 0 Å². The third-order valence-corrected chi connectivity index (χ3v) is 16.6. The van der Waals surface area contributed by atoms with Crippen molar-refractivity contribution in [1.82, 2.24) is 0 Å². The van der Waals surface area contributed by atoms with E-state index >= 15 is 0 Å². The standard InChI is InChI=1S/C69H129O5/c1-6-9-12-15-18-21-24-27-30-33-36-39-42-45-48-51-56-71-67-59-64(62-74-65-55-54-63(4)66(61-65)70-5)60-68(72-57-52-49-46-43-40-37-34-31-28-25-22-19-16-13-10-7-2)69(67)73-58-53-50-47-44-41-38-35-32-29-26-23-20-17-14-11-8-3/h54-55,61,64,67-69H,4,6-53,56-60,62H2,1-3,5H3. The van der Waals surface area contributed by atoms with Crippen LogP contribution in [-0.2, 0) is 14.2 Å². The lowest BCUT2D eigenvalue weighted by molar-refractivity contribution is -0.172. The molecule has 2 atom stereocenters. The molecule has 74 heavy (non-hydrogen) atoms. The number of rotatable bonds is 58. The van der Waals surface area contributed by atoms with Gasteiger partial charge in [0.2, 0.25) is 0 Å². The van der Waals surface area contributed by atoms with E-state index in [4.69, 9.17) is 23.7 Å². The Morgan fingerprint density at radius 3 is 0.919 bits per heavy atom. The van der Waals surface area contributed by atoms with Gasteiger partial charge in [0.1, 0.15) is 17.6 Å². The van der Waals surface area contributed by atoms with Crippen molar-refractivity contribution in [3.63, 3.8) is 0 Å². The third-order valence-electron chi connectivity index (χ3n) is 16.6. The lowest BCUT2D eigenvalue weighted by atomic mass is 9.83. The molecule has 1 aliphatic rings. The van der Waals surface area contributed by atoms with E-state index in [1.165, 1.54) is 289 Å². The van der Waals surface area contributed by atoms with Gasteiger partial charge in [0.15, 0.2) is 0 Å². The summed E-state index contributed by atoms with van der Waals surface area (Å²) < 4.78 is 32.8. The Morgan fingerprint density at radius 2 is 0.635 bits per heavy atom. The first-order valence-electron chi connectivity index (χ1n) is 33.6. The molecule has 2 unspecified atom stereocenters. The van der Waals surface area contributed by atoms with E-state index in [1.807, 2.05) is 18.2 Å². The van der Waals surface area contributed by atoms with Crippen LogP contribution in [0.3, 0.4) is 0 Å². The monoisotopic (exact) mass is 1040 g/mol. The lowest BCUT2D eigenvalue weighted by Crippen LogP contribution is -2.50. The quantitative estimate of drug-likeness (QED) is 0.0609. The molecule has 435 valence electrons. The molecule has 0 aliphatic heterocycles. The Kier molecular flexibility index (Phi) is 49.9. The number of methoxy groups -OCH3 is 1. The highest BCUT2D eigenvalue weighted by molar-refractivity contribution is 5.42. The van der Waals surface area contributed by atoms with Gasteiger partial charge in [-0.1, -0.05) is 316 Å². The highest BCUT2D eigenvalue weighted by atomic mass is 16.6. The summed E-state index contributed by atoms with van der Waals surface area (Å²) in [4.78, 5) is 0. The first-order chi connectivity index (χ1) is 36.6. The fourth-order valence-electron chi connectivity index (χ4n) is 11.6. The fourth-order valence-corrected chi connectivity index (χ4v) is 11.6. The number of ether oxygens (including phenoxy) is 5. The van der Waals surface area contributed by atoms with Crippen LogP contribution in [-0.4, -0.2) is 51.8 Å². The molecule has 0 amide bonds. The zero-order valence-corrected chi connectivity index (χ0v) is 50.5. The van der Waals surface area contributed by atoms with E-state index < -0.39 is 0 Å². The maximum absolute atomic E-state index is 6.93. The summed E-state index contributed by atoms with van der Waals surface area (Å²) in [7, 11) is 1.71. The molecule has 0 saturated heterocycles. The van der Waals surface area contributed by atoms with E-state index in [0.29, 0.717) is 12.5 Å². The van der Waals surface area contributed by atoms with Crippen LogP contribution < -0.4 is 9.47 Å². The molecule has 0 bridgehead atoms. The number of unbranched alkanes of at least 4 members (excludes halogenated alkanes) is 45. The second-order valence-corrected chi connectivity index (χ2v) is 23.7. The van der Waals surface area contributed by atoms with Crippen molar-refractivity contribution in [3.8, 4) is 11.5 Å². The van der Waals surface area contributed by atoms with Crippen molar-refractivity contribution < 1.29 is 23.7 Å². The first-order valence-corrected chi connectivity index (χ1v) is 33.6. The van der Waals surface area contributed by atoms with Gasteiger partial charge in [-0.15, -0.1) is 0 Å². The molecule has 5 heteroatoms. The molecule has 5 nitrogen and oxygen atoms in total. The molecule has 0 aromatic heterocycles. The minimum atomic E-state index is -0.0183. The number of benzene rings is 1. The molecule has 1 aromatic rings. The predicted molar refractivity (Wildman–Crippen MR) is 324 cm³/mol. The van der Waals surface area contributed by atoms with E-state index in [0.717, 1.165) is 69.0 Å². The number of hydrogen-bond acceptors (Lipinski definition) is 5. The van der Waals surface area contributed by atoms with Crippen LogP contribution in [0, 0.1) is 12.8 Å². The van der Waals surface area contributed by atoms with Gasteiger partial charge in [0.25, 0.3) is 0 Å². The van der Waals surface area contributed by atoms with Crippen molar-refractivity contribution in [2.75, 3.05) is 33.5 Å². The minimum absolute atomic E-state index is 0.0183. The Hall–Kier alpha value is -1.30. The van der Waals surface area contributed by atoms with Crippen LogP contribution in [0.5, 0.6) is 11.5 Å². The summed E-state index contributed by atoms with van der Waals surface area (Å²) in [6.07, 6.45) is 68.4. The van der Waals surface area contributed by atoms with Crippen LogP contribution in [0.2, 0.25) is 0 Å². The van der Waals surface area contributed by atoms with E-state index in [1.54, 1.807) is 7.11 Å². The SMILES string of the molecule is [CH2]c1ccc(OCC2CC(OCCCCCCCCCCCCCCCCCC)C(OCCCCCCCCCCCCCCCCCC)C(OCCCCCCCCCCCCCCCCCC)C2)cc1OC. The maximum Gasteiger partial charge on any atom is 0.125 e.